The lowest BCUT2D eigenvalue weighted by Gasteiger charge is -2.36. The maximum atomic E-state index is 6.40. The summed E-state index contributed by atoms with van der Waals surface area (Å²) in [6, 6.07) is 0. The molecule has 1 aromatic heterocycles. The first-order valence-electron chi connectivity index (χ1n) is 6.52. The number of aromatic nitrogens is 2. The number of likely N-dealkylation sites (tertiary alicyclic amines) is 1. The fourth-order valence-electron chi connectivity index (χ4n) is 2.32. The Balaban J connectivity index is 2.01. The molecule has 0 aromatic carbocycles. The van der Waals surface area contributed by atoms with Gasteiger partial charge in [0.2, 0.25) is 5.89 Å². The van der Waals surface area contributed by atoms with Crippen LogP contribution in [0.2, 0.25) is 0 Å². The molecule has 1 saturated heterocycles. The number of hydrogen-bond acceptors (Lipinski definition) is 5. The van der Waals surface area contributed by atoms with Crippen molar-refractivity contribution in [3.05, 3.63) is 11.7 Å². The predicted octanol–water partition coefficient (Wildman–Crippen LogP) is 1.29. The second-order valence-electron chi connectivity index (χ2n) is 4.86. The number of hydrogen-bond donors (Lipinski definition) is 1. The largest absolute Gasteiger partial charge is 0.339 e. The van der Waals surface area contributed by atoms with Gasteiger partial charge < -0.3 is 15.2 Å². The average Bonchev–Trinajstić information content (AvgIpc) is 2.82. The highest BCUT2D eigenvalue weighted by Gasteiger charge is 2.36. The lowest BCUT2D eigenvalue weighted by atomic mass is 9.88. The number of aryl methyl sites for hydroxylation is 1. The minimum atomic E-state index is -0.388. The molecule has 0 saturated carbocycles. The van der Waals surface area contributed by atoms with E-state index in [0.29, 0.717) is 11.7 Å². The van der Waals surface area contributed by atoms with Crippen LogP contribution >= 0.6 is 0 Å². The number of nitrogens with two attached hydrogens (primary N) is 1. The lowest BCUT2D eigenvalue weighted by Crippen LogP contribution is -2.48. The molecular formula is C12H22N4O. The number of rotatable bonds is 4. The van der Waals surface area contributed by atoms with Gasteiger partial charge in [-0.05, 0) is 25.8 Å². The summed E-state index contributed by atoms with van der Waals surface area (Å²) >= 11 is 0. The van der Waals surface area contributed by atoms with Crippen molar-refractivity contribution >= 4 is 0 Å². The van der Waals surface area contributed by atoms with Crippen LogP contribution < -0.4 is 5.73 Å². The first-order valence-corrected chi connectivity index (χ1v) is 6.52. The van der Waals surface area contributed by atoms with Gasteiger partial charge in [0.1, 0.15) is 0 Å². The fraction of sp³-hybridized carbons (Fsp3) is 0.833. The molecule has 1 aliphatic rings. The maximum Gasteiger partial charge on any atom is 0.226 e. The Hall–Kier alpha value is -0.940. The summed E-state index contributed by atoms with van der Waals surface area (Å²) in [6.07, 6.45) is 3.79. The molecule has 2 N–H and O–H groups in total. The Labute approximate surface area is 102 Å². The first kappa shape index (κ1) is 12.5. The Morgan fingerprint density at radius 2 is 2.06 bits per heavy atom. The van der Waals surface area contributed by atoms with Gasteiger partial charge in [0.25, 0.3) is 0 Å². The van der Waals surface area contributed by atoms with Crippen molar-refractivity contribution in [3.8, 4) is 0 Å². The highest BCUT2D eigenvalue weighted by atomic mass is 16.5. The van der Waals surface area contributed by atoms with Crippen LogP contribution in [0.1, 0.15) is 44.8 Å². The van der Waals surface area contributed by atoms with E-state index in [0.717, 1.165) is 38.9 Å². The SMILES string of the molecule is CCCN1CCC(N)(c2noc(CC)n2)CC1. The van der Waals surface area contributed by atoms with Crippen molar-refractivity contribution < 1.29 is 4.52 Å². The molecule has 2 heterocycles. The molecule has 0 spiro atoms. The molecule has 0 amide bonds. The second kappa shape index (κ2) is 5.14. The number of piperidine rings is 1. The van der Waals surface area contributed by atoms with E-state index in [1.807, 2.05) is 6.92 Å². The Kier molecular flexibility index (Phi) is 3.79. The normalized spacial score (nSPS) is 20.6. The molecule has 1 aliphatic heterocycles. The first-order chi connectivity index (χ1) is 8.18. The van der Waals surface area contributed by atoms with Gasteiger partial charge in [0.05, 0.1) is 5.54 Å². The molecule has 1 aromatic rings. The van der Waals surface area contributed by atoms with Gasteiger partial charge in [-0.1, -0.05) is 19.0 Å². The molecular weight excluding hydrogens is 216 g/mol. The monoisotopic (exact) mass is 238 g/mol. The summed E-state index contributed by atoms with van der Waals surface area (Å²) in [5.41, 5.74) is 6.01. The van der Waals surface area contributed by atoms with Crippen molar-refractivity contribution in [2.45, 2.75) is 45.1 Å². The summed E-state index contributed by atoms with van der Waals surface area (Å²) in [5, 5.41) is 4.02. The third-order valence-corrected chi connectivity index (χ3v) is 3.50. The van der Waals surface area contributed by atoms with E-state index in [-0.39, 0.29) is 5.54 Å². The quantitative estimate of drug-likeness (QED) is 0.856. The van der Waals surface area contributed by atoms with Crippen molar-refractivity contribution in [1.82, 2.24) is 15.0 Å². The van der Waals surface area contributed by atoms with Gasteiger partial charge in [-0.2, -0.15) is 4.98 Å². The standard InChI is InChI=1S/C12H22N4O/c1-3-7-16-8-5-12(13,6-9-16)11-14-10(4-2)17-15-11/h3-9,13H2,1-2H3. The zero-order valence-electron chi connectivity index (χ0n) is 10.8. The molecule has 1 fully saturated rings. The molecule has 0 bridgehead atoms. The topological polar surface area (TPSA) is 68.2 Å². The summed E-state index contributed by atoms with van der Waals surface area (Å²) in [5.74, 6) is 1.37. The molecule has 0 radical (unpaired) electrons. The summed E-state index contributed by atoms with van der Waals surface area (Å²) in [7, 11) is 0. The highest BCUT2D eigenvalue weighted by Crippen LogP contribution is 2.28. The summed E-state index contributed by atoms with van der Waals surface area (Å²) < 4.78 is 5.15. The molecule has 5 heteroatoms. The molecule has 0 aliphatic carbocycles. The van der Waals surface area contributed by atoms with E-state index in [2.05, 4.69) is 22.0 Å². The van der Waals surface area contributed by atoms with E-state index < -0.39 is 0 Å². The molecule has 17 heavy (non-hydrogen) atoms. The van der Waals surface area contributed by atoms with Crippen LogP contribution in [0.5, 0.6) is 0 Å². The fourth-order valence-corrected chi connectivity index (χ4v) is 2.32. The van der Waals surface area contributed by atoms with Crippen LogP contribution in [-0.4, -0.2) is 34.7 Å². The van der Waals surface area contributed by atoms with Crippen molar-refractivity contribution in [2.75, 3.05) is 19.6 Å². The molecule has 5 nitrogen and oxygen atoms in total. The Morgan fingerprint density at radius 3 is 2.59 bits per heavy atom. The van der Waals surface area contributed by atoms with Crippen LogP contribution in [0.15, 0.2) is 4.52 Å². The minimum Gasteiger partial charge on any atom is -0.339 e. The number of nitrogens with zero attached hydrogens (tertiary/aromatic N) is 3. The third kappa shape index (κ3) is 2.66. The predicted molar refractivity (Wildman–Crippen MR) is 65.5 cm³/mol. The second-order valence-corrected chi connectivity index (χ2v) is 4.86. The van der Waals surface area contributed by atoms with E-state index in [1.54, 1.807) is 0 Å². The van der Waals surface area contributed by atoms with E-state index in [9.17, 15) is 0 Å². The van der Waals surface area contributed by atoms with E-state index >= 15 is 0 Å². The smallest absolute Gasteiger partial charge is 0.226 e. The third-order valence-electron chi connectivity index (χ3n) is 3.50. The average molecular weight is 238 g/mol. The molecule has 0 unspecified atom stereocenters. The van der Waals surface area contributed by atoms with Crippen LogP contribution in [0.3, 0.4) is 0 Å². The van der Waals surface area contributed by atoms with E-state index in [1.165, 1.54) is 6.42 Å². The van der Waals surface area contributed by atoms with Gasteiger partial charge in [0, 0.05) is 19.5 Å². The van der Waals surface area contributed by atoms with Gasteiger partial charge >= 0.3 is 0 Å². The zero-order valence-corrected chi connectivity index (χ0v) is 10.8. The Morgan fingerprint density at radius 1 is 1.35 bits per heavy atom. The van der Waals surface area contributed by atoms with Crippen LogP contribution in [0.4, 0.5) is 0 Å². The highest BCUT2D eigenvalue weighted by molar-refractivity contribution is 5.06. The van der Waals surface area contributed by atoms with E-state index in [4.69, 9.17) is 10.3 Å². The van der Waals surface area contributed by atoms with Crippen molar-refractivity contribution in [1.29, 1.82) is 0 Å². The van der Waals surface area contributed by atoms with Crippen LogP contribution in [-0.2, 0) is 12.0 Å². The Bertz CT molecular complexity index is 355. The maximum absolute atomic E-state index is 6.40. The molecule has 2 rings (SSSR count). The summed E-state index contributed by atoms with van der Waals surface area (Å²) in [4.78, 5) is 6.82. The van der Waals surface area contributed by atoms with Gasteiger partial charge in [-0.15, -0.1) is 0 Å². The minimum absolute atomic E-state index is 0.388. The van der Waals surface area contributed by atoms with Gasteiger partial charge in [0.15, 0.2) is 5.82 Å². The molecule has 96 valence electrons. The van der Waals surface area contributed by atoms with Crippen molar-refractivity contribution in [3.63, 3.8) is 0 Å². The van der Waals surface area contributed by atoms with Gasteiger partial charge in [-0.3, -0.25) is 0 Å². The lowest BCUT2D eigenvalue weighted by molar-refractivity contribution is 0.154. The van der Waals surface area contributed by atoms with Crippen molar-refractivity contribution in [2.24, 2.45) is 5.73 Å². The molecule has 0 atom stereocenters. The van der Waals surface area contributed by atoms with Gasteiger partial charge in [-0.25, -0.2) is 0 Å². The van der Waals surface area contributed by atoms with Crippen LogP contribution in [0, 0.1) is 0 Å². The van der Waals surface area contributed by atoms with Crippen LogP contribution in [0.25, 0.3) is 0 Å². The zero-order chi connectivity index (χ0) is 12.3. The summed E-state index contributed by atoms with van der Waals surface area (Å²) in [6.45, 7) is 7.42.